The van der Waals surface area contributed by atoms with E-state index in [0.717, 1.165) is 35.6 Å². The number of allylic oxidation sites excluding steroid dienone is 6. The van der Waals surface area contributed by atoms with Crippen LogP contribution in [-0.2, 0) is 64.1 Å². The van der Waals surface area contributed by atoms with E-state index in [-0.39, 0.29) is 26.2 Å². The minimum Gasteiger partial charge on any atom is -0.810 e. The van der Waals surface area contributed by atoms with Gasteiger partial charge in [0, 0.05) is 24.5 Å². The molecule has 0 fully saturated rings. The van der Waals surface area contributed by atoms with Crippen LogP contribution >= 0.6 is 15.2 Å². The molecule has 0 amide bonds. The summed E-state index contributed by atoms with van der Waals surface area (Å²) in [6, 6.07) is 0. The van der Waals surface area contributed by atoms with Crippen molar-refractivity contribution in [3.05, 3.63) is 34.4 Å². The average molecular weight is 519 g/mol. The van der Waals surface area contributed by atoms with Gasteiger partial charge in [0.2, 0.25) is 0 Å². The van der Waals surface area contributed by atoms with Gasteiger partial charge in [-0.25, -0.2) is 28.8 Å². The molecule has 0 aliphatic rings. The van der Waals surface area contributed by atoms with E-state index in [1.165, 1.54) is 0 Å². The predicted octanol–water partition coefficient (Wildman–Crippen LogP) is -4.39. The normalized spacial score (nSPS) is 8.97. The molecule has 0 radical (unpaired) electrons. The summed E-state index contributed by atoms with van der Waals surface area (Å²) in [6.07, 6.45) is -1.36. The summed E-state index contributed by atoms with van der Waals surface area (Å²) in [6.45, 7) is 0. The van der Waals surface area contributed by atoms with Crippen LogP contribution in [0.4, 0.5) is 0 Å². The Balaban J connectivity index is -0.000000451. The van der Waals surface area contributed by atoms with Gasteiger partial charge in [-0.3, -0.25) is 0 Å². The molecular formula is C14H6O12P2Zr. The topological polar surface area (TPSA) is 229 Å². The molecule has 0 bridgehead atoms. The Hall–Kier alpha value is -2.12. The van der Waals surface area contributed by atoms with Crippen LogP contribution in [-0.4, -0.2) is 48.0 Å². The Labute approximate surface area is 181 Å². The summed E-state index contributed by atoms with van der Waals surface area (Å²) in [7, 11) is -9.96. The predicted molar refractivity (Wildman–Crippen MR) is 82.3 cm³/mol. The fourth-order valence-corrected chi connectivity index (χ4v) is 2.45. The molecule has 0 heterocycles. The Morgan fingerprint density at radius 1 is 0.621 bits per heavy atom. The fourth-order valence-electron chi connectivity index (χ4n) is 1.21. The summed E-state index contributed by atoms with van der Waals surface area (Å²) in [4.78, 5) is 101. The van der Waals surface area contributed by atoms with Crippen LogP contribution in [0.3, 0.4) is 0 Å². The van der Waals surface area contributed by atoms with E-state index in [1.807, 2.05) is 0 Å². The van der Waals surface area contributed by atoms with E-state index in [2.05, 4.69) is 0 Å². The molecule has 29 heavy (non-hydrogen) atoms. The Bertz CT molecular complexity index is 911. The van der Waals surface area contributed by atoms with Crippen molar-refractivity contribution in [3.63, 3.8) is 0 Å². The van der Waals surface area contributed by atoms with E-state index in [9.17, 15) is 57.5 Å². The molecular weight excluding hydrogens is 513 g/mol. The van der Waals surface area contributed by atoms with E-state index in [0.29, 0.717) is 12.2 Å². The van der Waals surface area contributed by atoms with Gasteiger partial charge in [0.15, 0.2) is 0 Å². The van der Waals surface area contributed by atoms with E-state index in [4.69, 9.17) is 0 Å². The molecule has 0 aliphatic heterocycles. The molecule has 0 aliphatic carbocycles. The van der Waals surface area contributed by atoms with Crippen LogP contribution in [0.1, 0.15) is 0 Å². The molecule has 0 rings (SSSR count). The van der Waals surface area contributed by atoms with Gasteiger partial charge in [0.05, 0.1) is 22.3 Å². The van der Waals surface area contributed by atoms with Crippen molar-refractivity contribution in [1.82, 2.24) is 0 Å². The first-order valence-electron chi connectivity index (χ1n) is 6.31. The summed E-state index contributed by atoms with van der Waals surface area (Å²) in [5, 5.41) is 0. The number of rotatable bonds is 8. The van der Waals surface area contributed by atoms with Crippen molar-refractivity contribution in [2.45, 2.75) is 0 Å². The quantitative estimate of drug-likeness (QED) is 0.168. The zero-order valence-electron chi connectivity index (χ0n) is 13.9. The largest absolute Gasteiger partial charge is 4.00 e. The molecule has 0 aromatic rings. The molecule has 0 aromatic heterocycles. The van der Waals surface area contributed by atoms with Crippen LogP contribution in [0.15, 0.2) is 34.4 Å². The Kier molecular flexibility index (Phi) is 17.2. The summed E-state index contributed by atoms with van der Waals surface area (Å²) < 4.78 is 20.5. The SMILES string of the molecule is O=C=CC(=C=O)C(=C=O)CP(=O)([O-])[O-].O=C=CC(=C=O)C(=C=O)CP(=O)([O-])[O-].[Zr+4]. The van der Waals surface area contributed by atoms with Crippen LogP contribution in [0.5, 0.6) is 0 Å². The van der Waals surface area contributed by atoms with E-state index < -0.39 is 49.8 Å². The maximum atomic E-state index is 10.2. The molecule has 0 saturated carbocycles. The van der Waals surface area contributed by atoms with Crippen LogP contribution in [0, 0.1) is 0 Å². The second kappa shape index (κ2) is 15.8. The summed E-state index contributed by atoms with van der Waals surface area (Å²) >= 11 is 0. The first-order valence-corrected chi connectivity index (χ1v) is 9.77. The van der Waals surface area contributed by atoms with Crippen molar-refractivity contribution >= 4 is 50.8 Å². The van der Waals surface area contributed by atoms with Crippen LogP contribution < -0.4 is 19.6 Å². The van der Waals surface area contributed by atoms with Gasteiger partial charge < -0.3 is 28.7 Å². The van der Waals surface area contributed by atoms with Gasteiger partial charge in [-0.1, -0.05) is 15.2 Å². The standard InChI is InChI=1S/2C7H5O6P.Zr/c2*8-2-1-6(3-9)7(4-10)5-14(11,12)13;/h2*1H,5H2,(H2,11,12,13);/q;;+4/p-4. The molecule has 0 spiro atoms. The molecule has 0 aromatic carbocycles. The van der Waals surface area contributed by atoms with Crippen molar-refractivity contribution < 1.29 is 83.7 Å². The third kappa shape index (κ3) is 16.5. The number of carbonyl (C=O) groups excluding carboxylic acids is 6. The Morgan fingerprint density at radius 2 is 0.897 bits per heavy atom. The molecule has 0 unspecified atom stereocenters. The minimum atomic E-state index is -4.98. The van der Waals surface area contributed by atoms with Crippen molar-refractivity contribution in [1.29, 1.82) is 0 Å². The zero-order chi connectivity index (χ0) is 22.4. The van der Waals surface area contributed by atoms with Crippen LogP contribution in [0.2, 0.25) is 0 Å². The van der Waals surface area contributed by atoms with Crippen molar-refractivity contribution in [2.75, 3.05) is 12.3 Å². The van der Waals surface area contributed by atoms with Gasteiger partial charge in [0.1, 0.15) is 35.6 Å². The molecule has 0 N–H and O–H groups in total. The van der Waals surface area contributed by atoms with Crippen LogP contribution in [0.25, 0.3) is 0 Å². The average Bonchev–Trinajstić information content (AvgIpc) is 2.59. The number of hydrogen-bond donors (Lipinski definition) is 0. The molecule has 0 saturated heterocycles. The number of hydrogen-bond acceptors (Lipinski definition) is 12. The third-order valence-corrected chi connectivity index (χ3v) is 3.63. The minimum absolute atomic E-state index is 0. The van der Waals surface area contributed by atoms with Gasteiger partial charge in [-0.05, 0) is 0 Å². The third-order valence-electron chi connectivity index (χ3n) is 2.23. The molecule has 148 valence electrons. The smallest absolute Gasteiger partial charge is 0.810 e. The van der Waals surface area contributed by atoms with Gasteiger partial charge >= 0.3 is 26.2 Å². The zero-order valence-corrected chi connectivity index (χ0v) is 18.1. The van der Waals surface area contributed by atoms with Crippen molar-refractivity contribution in [3.8, 4) is 0 Å². The molecule has 0 atom stereocenters. The second-order valence-corrected chi connectivity index (χ2v) is 7.33. The first kappa shape index (κ1) is 31.6. The summed E-state index contributed by atoms with van der Waals surface area (Å²) in [5.74, 6) is 6.71. The van der Waals surface area contributed by atoms with Gasteiger partial charge in [-0.2, -0.15) is 0 Å². The second-order valence-electron chi connectivity index (χ2n) is 4.26. The van der Waals surface area contributed by atoms with E-state index in [1.54, 1.807) is 0 Å². The van der Waals surface area contributed by atoms with Gasteiger partial charge in [0.25, 0.3) is 0 Å². The maximum absolute atomic E-state index is 10.2. The first-order chi connectivity index (χ1) is 12.9. The summed E-state index contributed by atoms with van der Waals surface area (Å²) in [5.41, 5.74) is -2.72. The molecule has 15 heteroatoms. The fraction of sp³-hybridized carbons (Fsp3) is 0.143. The maximum Gasteiger partial charge on any atom is 4.00 e. The Morgan fingerprint density at radius 3 is 1.03 bits per heavy atom. The van der Waals surface area contributed by atoms with Crippen molar-refractivity contribution in [2.24, 2.45) is 0 Å². The molecule has 12 nitrogen and oxygen atoms in total. The monoisotopic (exact) mass is 518 g/mol. The van der Waals surface area contributed by atoms with Gasteiger partial charge in [-0.15, -0.1) is 0 Å². The van der Waals surface area contributed by atoms with E-state index >= 15 is 0 Å².